The highest BCUT2D eigenvalue weighted by atomic mass is 16.8. The molecule has 1 unspecified atom stereocenters. The van der Waals surface area contributed by atoms with Crippen LogP contribution >= 0.6 is 0 Å². The van der Waals surface area contributed by atoms with E-state index < -0.39 is 0 Å². The highest BCUT2D eigenvalue weighted by Gasteiger charge is 2.24. The molecule has 2 heterocycles. The Balaban J connectivity index is 1.52. The summed E-state index contributed by atoms with van der Waals surface area (Å²) in [6.07, 6.45) is 6.73. The first-order chi connectivity index (χ1) is 9.33. The Hall–Kier alpha value is -1.40. The predicted octanol–water partition coefficient (Wildman–Crippen LogP) is 1.48. The van der Waals surface area contributed by atoms with Crippen LogP contribution in [0.15, 0.2) is 12.3 Å². The van der Waals surface area contributed by atoms with Crippen LogP contribution in [-0.2, 0) is 16.1 Å². The number of hydroxylamine groups is 1. The zero-order chi connectivity index (χ0) is 13.1. The molecule has 1 aromatic rings. The number of nitrogens with one attached hydrogen (secondary N) is 1. The molecule has 19 heavy (non-hydrogen) atoms. The van der Waals surface area contributed by atoms with E-state index in [1.54, 1.807) is 16.9 Å². The fourth-order valence-electron chi connectivity index (χ4n) is 2.19. The summed E-state index contributed by atoms with van der Waals surface area (Å²) < 4.78 is 7.14. The van der Waals surface area contributed by atoms with Gasteiger partial charge in [-0.25, -0.2) is 10.3 Å². The van der Waals surface area contributed by atoms with Crippen molar-refractivity contribution in [2.45, 2.75) is 44.9 Å². The van der Waals surface area contributed by atoms with E-state index in [1.807, 2.05) is 0 Å². The van der Waals surface area contributed by atoms with Crippen molar-refractivity contribution in [1.82, 2.24) is 15.3 Å². The molecule has 6 nitrogen and oxygen atoms in total. The molecule has 104 valence electrons. The minimum Gasteiger partial charge on any atom is -0.350 e. The lowest BCUT2D eigenvalue weighted by Crippen LogP contribution is -2.34. The summed E-state index contributed by atoms with van der Waals surface area (Å²) in [5.74, 6) is 0.418. The van der Waals surface area contributed by atoms with E-state index in [1.165, 1.54) is 12.8 Å². The predicted molar refractivity (Wildman–Crippen MR) is 67.1 cm³/mol. The summed E-state index contributed by atoms with van der Waals surface area (Å²) in [4.78, 5) is 17.3. The third kappa shape index (κ3) is 3.33. The Kier molecular flexibility index (Phi) is 3.79. The van der Waals surface area contributed by atoms with Crippen molar-refractivity contribution in [3.05, 3.63) is 18.0 Å². The van der Waals surface area contributed by atoms with Crippen molar-refractivity contribution in [2.24, 2.45) is 5.92 Å². The van der Waals surface area contributed by atoms with Gasteiger partial charge in [-0.1, -0.05) is 0 Å². The molecule has 6 heteroatoms. The second-order valence-corrected chi connectivity index (χ2v) is 5.19. The number of nitrogens with zero attached hydrogens (tertiary/aromatic N) is 2. The maximum atomic E-state index is 12.0. The van der Waals surface area contributed by atoms with Gasteiger partial charge in [0.2, 0.25) is 0 Å². The molecule has 0 aromatic carbocycles. The summed E-state index contributed by atoms with van der Waals surface area (Å²) in [7, 11) is 0. The molecule has 1 saturated carbocycles. The van der Waals surface area contributed by atoms with Crippen LogP contribution in [0.4, 0.5) is 0 Å². The monoisotopic (exact) mass is 265 g/mol. The molecule has 1 aliphatic heterocycles. The summed E-state index contributed by atoms with van der Waals surface area (Å²) >= 11 is 0. The van der Waals surface area contributed by atoms with E-state index in [0.29, 0.717) is 18.2 Å². The van der Waals surface area contributed by atoms with Gasteiger partial charge in [0.05, 0.1) is 0 Å². The average molecular weight is 265 g/mol. The van der Waals surface area contributed by atoms with Gasteiger partial charge in [-0.05, 0) is 37.7 Å². The maximum Gasteiger partial charge on any atom is 0.293 e. The highest BCUT2D eigenvalue weighted by molar-refractivity contribution is 5.91. The molecular formula is C13H19N3O3. The number of amides is 1. The Morgan fingerprint density at radius 2 is 2.37 bits per heavy atom. The van der Waals surface area contributed by atoms with Crippen LogP contribution in [0.5, 0.6) is 0 Å². The van der Waals surface area contributed by atoms with Gasteiger partial charge in [-0.2, -0.15) is 5.10 Å². The number of ether oxygens (including phenoxy) is 1. The molecule has 3 rings (SSSR count). The summed E-state index contributed by atoms with van der Waals surface area (Å²) in [6.45, 7) is 1.51. The first kappa shape index (κ1) is 12.6. The van der Waals surface area contributed by atoms with Crippen LogP contribution in [0.25, 0.3) is 0 Å². The van der Waals surface area contributed by atoms with E-state index in [2.05, 4.69) is 10.6 Å². The van der Waals surface area contributed by atoms with E-state index in [9.17, 15) is 4.79 Å². The summed E-state index contributed by atoms with van der Waals surface area (Å²) in [5.41, 5.74) is 3.01. The number of carbonyl (C=O) groups is 1. The third-order valence-corrected chi connectivity index (χ3v) is 3.50. The van der Waals surface area contributed by atoms with Gasteiger partial charge >= 0.3 is 0 Å². The second-order valence-electron chi connectivity index (χ2n) is 5.19. The van der Waals surface area contributed by atoms with Crippen molar-refractivity contribution in [3.8, 4) is 0 Å². The Labute approximate surface area is 112 Å². The quantitative estimate of drug-likeness (QED) is 0.819. The van der Waals surface area contributed by atoms with Crippen molar-refractivity contribution < 1.29 is 14.4 Å². The smallest absolute Gasteiger partial charge is 0.293 e. The van der Waals surface area contributed by atoms with Crippen LogP contribution in [0, 0.1) is 5.92 Å². The molecule has 1 atom stereocenters. The normalized spacial score (nSPS) is 23.3. The van der Waals surface area contributed by atoms with Gasteiger partial charge in [-0.3, -0.25) is 9.48 Å². The molecule has 0 spiro atoms. The molecule has 1 aliphatic carbocycles. The number of rotatable bonds is 5. The van der Waals surface area contributed by atoms with Crippen LogP contribution in [-0.4, -0.2) is 28.6 Å². The standard InChI is InChI=1S/C13H19N3O3/c17-13(15-19-12-3-1-2-8-18-12)11-6-7-14-16(11)9-10-4-5-10/h6-7,10,12H,1-5,8-9H2,(H,15,17). The van der Waals surface area contributed by atoms with E-state index >= 15 is 0 Å². The first-order valence-electron chi connectivity index (χ1n) is 6.92. The number of aromatic nitrogens is 2. The Bertz CT molecular complexity index is 436. The third-order valence-electron chi connectivity index (χ3n) is 3.50. The minimum atomic E-state index is -0.322. The van der Waals surface area contributed by atoms with Gasteiger partial charge in [0.25, 0.3) is 5.91 Å². The fraction of sp³-hybridized carbons (Fsp3) is 0.692. The van der Waals surface area contributed by atoms with Crippen molar-refractivity contribution in [3.63, 3.8) is 0 Å². The van der Waals surface area contributed by atoms with Gasteiger partial charge in [-0.15, -0.1) is 0 Å². The Morgan fingerprint density at radius 1 is 1.47 bits per heavy atom. The lowest BCUT2D eigenvalue weighted by Gasteiger charge is -2.22. The topological polar surface area (TPSA) is 65.4 Å². The van der Waals surface area contributed by atoms with Crippen LogP contribution in [0.3, 0.4) is 0 Å². The Morgan fingerprint density at radius 3 is 3.11 bits per heavy atom. The molecule has 1 aromatic heterocycles. The van der Waals surface area contributed by atoms with E-state index in [-0.39, 0.29) is 12.2 Å². The second kappa shape index (κ2) is 5.71. The molecule has 1 amide bonds. The number of hydrogen-bond donors (Lipinski definition) is 1. The molecule has 2 aliphatic rings. The van der Waals surface area contributed by atoms with Crippen molar-refractivity contribution in [2.75, 3.05) is 6.61 Å². The molecule has 0 bridgehead atoms. The molecule has 2 fully saturated rings. The first-order valence-corrected chi connectivity index (χ1v) is 6.92. The zero-order valence-corrected chi connectivity index (χ0v) is 10.9. The lowest BCUT2D eigenvalue weighted by molar-refractivity contribution is -0.186. The van der Waals surface area contributed by atoms with Crippen LogP contribution in [0.2, 0.25) is 0 Å². The van der Waals surface area contributed by atoms with Gasteiger partial charge in [0.15, 0.2) is 6.29 Å². The summed E-state index contributed by atoms with van der Waals surface area (Å²) in [6, 6.07) is 1.71. The van der Waals surface area contributed by atoms with Gasteiger partial charge < -0.3 is 4.74 Å². The summed E-state index contributed by atoms with van der Waals surface area (Å²) in [5, 5.41) is 4.18. The van der Waals surface area contributed by atoms with Crippen LogP contribution in [0.1, 0.15) is 42.6 Å². The van der Waals surface area contributed by atoms with E-state index in [4.69, 9.17) is 9.57 Å². The average Bonchev–Trinajstić information content (AvgIpc) is 3.13. The largest absolute Gasteiger partial charge is 0.350 e. The SMILES string of the molecule is O=C(NOC1CCCCO1)c1ccnn1CC1CC1. The van der Waals surface area contributed by atoms with Gasteiger partial charge in [0, 0.05) is 25.8 Å². The van der Waals surface area contributed by atoms with Crippen molar-refractivity contribution >= 4 is 5.91 Å². The van der Waals surface area contributed by atoms with Crippen LogP contribution < -0.4 is 5.48 Å². The fourth-order valence-corrected chi connectivity index (χ4v) is 2.19. The minimum absolute atomic E-state index is 0.257. The van der Waals surface area contributed by atoms with Crippen molar-refractivity contribution in [1.29, 1.82) is 0 Å². The number of carbonyl (C=O) groups excluding carboxylic acids is 1. The lowest BCUT2D eigenvalue weighted by atomic mass is 10.2. The zero-order valence-electron chi connectivity index (χ0n) is 10.9. The van der Waals surface area contributed by atoms with Gasteiger partial charge in [0.1, 0.15) is 5.69 Å². The highest BCUT2D eigenvalue weighted by Crippen LogP contribution is 2.30. The van der Waals surface area contributed by atoms with E-state index in [0.717, 1.165) is 25.8 Å². The molecule has 1 N–H and O–H groups in total. The maximum absolute atomic E-state index is 12.0. The molecule has 0 radical (unpaired) electrons. The molecular weight excluding hydrogens is 246 g/mol. The molecule has 1 saturated heterocycles. The number of hydrogen-bond acceptors (Lipinski definition) is 4.